The second-order valence-corrected chi connectivity index (χ2v) is 8.73. The highest BCUT2D eigenvalue weighted by Gasteiger charge is 2.29. The van der Waals surface area contributed by atoms with E-state index in [1.165, 1.54) is 11.1 Å². The van der Waals surface area contributed by atoms with Crippen LogP contribution in [0.1, 0.15) is 37.2 Å². The number of aliphatic hydroxyl groups excluding tert-OH is 1. The van der Waals surface area contributed by atoms with Crippen molar-refractivity contribution in [3.63, 3.8) is 0 Å². The van der Waals surface area contributed by atoms with Crippen LogP contribution in [0.4, 0.5) is 0 Å². The Morgan fingerprint density at radius 1 is 0.933 bits per heavy atom. The third-order valence-electron chi connectivity index (χ3n) is 6.50. The van der Waals surface area contributed by atoms with Gasteiger partial charge in [-0.1, -0.05) is 54.1 Å². The average Bonchev–Trinajstić information content (AvgIpc) is 2.74. The molecule has 1 heterocycles. The van der Waals surface area contributed by atoms with Crippen LogP contribution in [0, 0.1) is 5.92 Å². The normalized spacial score (nSPS) is 23.1. The lowest BCUT2D eigenvalue weighted by molar-refractivity contribution is 0.0932. The standard InChI is InChI=1S/C24H31ClN2O.2ClH/c25-24-4-2-1-3-22(24)18-5-7-19(8-6-18)23(17-27-15-13-26-14-16-27)20-9-11-21(28)12-10-20;;/h1-8,20-21,23,26,28H,9-17H2;2*1H. The summed E-state index contributed by atoms with van der Waals surface area (Å²) < 4.78 is 0. The monoisotopic (exact) mass is 470 g/mol. The number of benzene rings is 2. The van der Waals surface area contributed by atoms with E-state index in [0.29, 0.717) is 11.8 Å². The molecule has 1 saturated heterocycles. The summed E-state index contributed by atoms with van der Waals surface area (Å²) in [7, 11) is 0. The molecule has 2 N–H and O–H groups in total. The minimum atomic E-state index is -0.0984. The highest BCUT2D eigenvalue weighted by atomic mass is 35.5. The first-order valence-electron chi connectivity index (χ1n) is 10.7. The molecule has 0 aromatic heterocycles. The number of halogens is 3. The van der Waals surface area contributed by atoms with Gasteiger partial charge in [-0.3, -0.25) is 0 Å². The number of rotatable bonds is 5. The van der Waals surface area contributed by atoms with Crippen LogP contribution in [0.25, 0.3) is 11.1 Å². The average molecular weight is 472 g/mol. The van der Waals surface area contributed by atoms with Crippen molar-refractivity contribution in [1.29, 1.82) is 0 Å². The lowest BCUT2D eigenvalue weighted by Crippen LogP contribution is -2.46. The summed E-state index contributed by atoms with van der Waals surface area (Å²) in [6.45, 7) is 5.55. The molecule has 6 heteroatoms. The van der Waals surface area contributed by atoms with Crippen LogP contribution in [0.5, 0.6) is 0 Å². The van der Waals surface area contributed by atoms with Crippen molar-refractivity contribution in [2.45, 2.75) is 37.7 Å². The number of nitrogens with zero attached hydrogens (tertiary/aromatic N) is 1. The molecule has 1 unspecified atom stereocenters. The summed E-state index contributed by atoms with van der Waals surface area (Å²) in [4.78, 5) is 2.61. The second kappa shape index (κ2) is 12.3. The predicted octanol–water partition coefficient (Wildman–Crippen LogP) is 5.39. The van der Waals surface area contributed by atoms with Gasteiger partial charge in [0.25, 0.3) is 0 Å². The van der Waals surface area contributed by atoms with Crippen LogP contribution in [-0.4, -0.2) is 48.8 Å². The molecular formula is C24H33Cl3N2O. The zero-order valence-electron chi connectivity index (χ0n) is 17.3. The van der Waals surface area contributed by atoms with Gasteiger partial charge in [-0.15, -0.1) is 24.8 Å². The van der Waals surface area contributed by atoms with Crippen molar-refractivity contribution < 1.29 is 5.11 Å². The molecule has 2 aromatic rings. The molecule has 1 atom stereocenters. The van der Waals surface area contributed by atoms with E-state index in [9.17, 15) is 5.11 Å². The fourth-order valence-corrected chi connectivity index (χ4v) is 5.05. The van der Waals surface area contributed by atoms with E-state index in [4.69, 9.17) is 11.6 Å². The van der Waals surface area contributed by atoms with Crippen molar-refractivity contribution in [3.05, 3.63) is 59.1 Å². The fraction of sp³-hybridized carbons (Fsp3) is 0.500. The Hall–Kier alpha value is -0.810. The van der Waals surface area contributed by atoms with Gasteiger partial charge in [-0.25, -0.2) is 0 Å². The van der Waals surface area contributed by atoms with E-state index >= 15 is 0 Å². The van der Waals surface area contributed by atoms with E-state index < -0.39 is 0 Å². The van der Waals surface area contributed by atoms with Crippen molar-refractivity contribution in [2.24, 2.45) is 5.92 Å². The molecule has 0 spiro atoms. The summed E-state index contributed by atoms with van der Waals surface area (Å²) in [6.07, 6.45) is 4.05. The quantitative estimate of drug-likeness (QED) is 0.613. The molecule has 3 nitrogen and oxygen atoms in total. The van der Waals surface area contributed by atoms with Gasteiger partial charge in [0.05, 0.1) is 6.10 Å². The molecular weight excluding hydrogens is 439 g/mol. The molecule has 0 bridgehead atoms. The van der Waals surface area contributed by atoms with Gasteiger partial charge in [-0.2, -0.15) is 0 Å². The first-order valence-corrected chi connectivity index (χ1v) is 11.0. The number of hydrogen-bond acceptors (Lipinski definition) is 3. The number of nitrogens with one attached hydrogen (secondary N) is 1. The number of aliphatic hydroxyl groups is 1. The van der Waals surface area contributed by atoms with E-state index in [2.05, 4.69) is 40.5 Å². The molecule has 2 fully saturated rings. The Morgan fingerprint density at radius 2 is 1.57 bits per heavy atom. The zero-order valence-corrected chi connectivity index (χ0v) is 19.7. The van der Waals surface area contributed by atoms with Crippen LogP contribution in [-0.2, 0) is 0 Å². The second-order valence-electron chi connectivity index (χ2n) is 8.33. The van der Waals surface area contributed by atoms with Gasteiger partial charge in [-0.05, 0) is 54.7 Å². The molecule has 4 rings (SSSR count). The van der Waals surface area contributed by atoms with E-state index in [1.54, 1.807) is 0 Å². The van der Waals surface area contributed by atoms with Gasteiger partial charge >= 0.3 is 0 Å². The Balaban J connectivity index is 0.00000160. The molecule has 0 amide bonds. The van der Waals surface area contributed by atoms with Crippen LogP contribution in [0.2, 0.25) is 5.02 Å². The van der Waals surface area contributed by atoms with Gasteiger partial charge in [0, 0.05) is 43.3 Å². The smallest absolute Gasteiger partial charge is 0.0540 e. The van der Waals surface area contributed by atoms with Crippen molar-refractivity contribution in [3.8, 4) is 11.1 Å². The van der Waals surface area contributed by atoms with Crippen molar-refractivity contribution in [2.75, 3.05) is 32.7 Å². The molecule has 2 aromatic carbocycles. The first-order chi connectivity index (χ1) is 13.7. The maximum absolute atomic E-state index is 9.96. The van der Waals surface area contributed by atoms with Crippen LogP contribution >= 0.6 is 36.4 Å². The summed E-state index contributed by atoms with van der Waals surface area (Å²) in [6, 6.07) is 17.1. The Bertz CT molecular complexity index is 757. The van der Waals surface area contributed by atoms with Gasteiger partial charge in [0.2, 0.25) is 0 Å². The summed E-state index contributed by atoms with van der Waals surface area (Å²) in [5.74, 6) is 1.19. The van der Waals surface area contributed by atoms with E-state index in [0.717, 1.165) is 69.0 Å². The maximum Gasteiger partial charge on any atom is 0.0540 e. The summed E-state index contributed by atoms with van der Waals surface area (Å²) in [5, 5.41) is 14.2. The number of piperazine rings is 1. The maximum atomic E-state index is 9.96. The first kappa shape index (κ1) is 25.5. The third kappa shape index (κ3) is 6.35. The van der Waals surface area contributed by atoms with Gasteiger partial charge in [0.1, 0.15) is 0 Å². The topological polar surface area (TPSA) is 35.5 Å². The number of hydrogen-bond donors (Lipinski definition) is 2. The molecule has 0 radical (unpaired) electrons. The fourth-order valence-electron chi connectivity index (χ4n) is 4.81. The Labute approximate surface area is 198 Å². The zero-order chi connectivity index (χ0) is 19.3. The van der Waals surface area contributed by atoms with Gasteiger partial charge < -0.3 is 15.3 Å². The van der Waals surface area contributed by atoms with E-state index in [1.807, 2.05) is 18.2 Å². The SMILES string of the molecule is Cl.Cl.OC1CCC(C(CN2CCNCC2)c2ccc(-c3ccccc3Cl)cc2)CC1. The molecule has 166 valence electrons. The van der Waals surface area contributed by atoms with Crippen molar-refractivity contribution in [1.82, 2.24) is 10.2 Å². The largest absolute Gasteiger partial charge is 0.393 e. The Kier molecular flexibility index (Phi) is 10.4. The van der Waals surface area contributed by atoms with E-state index in [-0.39, 0.29) is 30.9 Å². The summed E-state index contributed by atoms with van der Waals surface area (Å²) >= 11 is 6.39. The molecule has 2 aliphatic rings. The Morgan fingerprint density at radius 3 is 2.20 bits per heavy atom. The summed E-state index contributed by atoms with van der Waals surface area (Å²) in [5.41, 5.74) is 3.69. The molecule has 1 aliphatic carbocycles. The predicted molar refractivity (Wildman–Crippen MR) is 131 cm³/mol. The minimum Gasteiger partial charge on any atom is -0.393 e. The van der Waals surface area contributed by atoms with Gasteiger partial charge in [0.15, 0.2) is 0 Å². The van der Waals surface area contributed by atoms with Crippen LogP contribution in [0.15, 0.2) is 48.5 Å². The molecule has 1 saturated carbocycles. The highest BCUT2D eigenvalue weighted by Crippen LogP contribution is 2.38. The van der Waals surface area contributed by atoms with Crippen molar-refractivity contribution >= 4 is 36.4 Å². The third-order valence-corrected chi connectivity index (χ3v) is 6.83. The minimum absolute atomic E-state index is 0. The van der Waals surface area contributed by atoms with Crippen LogP contribution < -0.4 is 5.32 Å². The molecule has 30 heavy (non-hydrogen) atoms. The van der Waals surface area contributed by atoms with Crippen LogP contribution in [0.3, 0.4) is 0 Å². The highest BCUT2D eigenvalue weighted by molar-refractivity contribution is 6.33. The molecule has 1 aliphatic heterocycles. The lowest BCUT2D eigenvalue weighted by atomic mass is 9.75. The lowest BCUT2D eigenvalue weighted by Gasteiger charge is -2.37.